The van der Waals surface area contributed by atoms with E-state index >= 15 is 0 Å². The first-order valence-corrected chi connectivity index (χ1v) is 6.75. The highest BCUT2D eigenvalue weighted by molar-refractivity contribution is 5.84. The van der Waals surface area contributed by atoms with E-state index in [9.17, 15) is 0 Å². The Hall–Kier alpha value is -2.27. The summed E-state index contributed by atoms with van der Waals surface area (Å²) in [6.45, 7) is 2.84. The molecule has 0 bridgehead atoms. The molecule has 0 aliphatic carbocycles. The molecule has 102 valence electrons. The fourth-order valence-corrected chi connectivity index (χ4v) is 2.44. The Balaban J connectivity index is 1.95. The van der Waals surface area contributed by atoms with E-state index < -0.39 is 0 Å². The second-order valence-corrected chi connectivity index (χ2v) is 4.72. The van der Waals surface area contributed by atoms with Crippen LogP contribution >= 0.6 is 0 Å². The Kier molecular flexibility index (Phi) is 3.43. The summed E-state index contributed by atoms with van der Waals surface area (Å²) in [5, 5.41) is 6.43. The maximum Gasteiger partial charge on any atom is 0.138 e. The average Bonchev–Trinajstić information content (AvgIpc) is 2.93. The lowest BCUT2D eigenvalue weighted by Gasteiger charge is -2.13. The van der Waals surface area contributed by atoms with E-state index in [0.717, 1.165) is 28.8 Å². The van der Waals surface area contributed by atoms with Gasteiger partial charge in [-0.3, -0.25) is 9.67 Å². The number of aryl methyl sites for hydroxylation is 1. The van der Waals surface area contributed by atoms with Gasteiger partial charge in [0.05, 0.1) is 11.7 Å². The van der Waals surface area contributed by atoms with Crippen molar-refractivity contribution in [1.82, 2.24) is 19.7 Å². The molecule has 0 aliphatic rings. The number of nitrogens with zero attached hydrogens (tertiary/aromatic N) is 4. The summed E-state index contributed by atoms with van der Waals surface area (Å²) < 4.78 is 1.87. The number of hydrogen-bond donors (Lipinski definition) is 1. The van der Waals surface area contributed by atoms with Crippen LogP contribution in [0.15, 0.2) is 42.9 Å². The molecule has 2 aromatic heterocycles. The summed E-state index contributed by atoms with van der Waals surface area (Å²) in [6.07, 6.45) is 4.01. The molecule has 2 heterocycles. The predicted octanol–water partition coefficient (Wildman–Crippen LogP) is 2.09. The molecule has 1 atom stereocenters. The number of fused-ring (bicyclic) bond motifs is 1. The van der Waals surface area contributed by atoms with Crippen LogP contribution in [0, 0.1) is 0 Å². The largest absolute Gasteiger partial charge is 0.322 e. The molecule has 0 saturated carbocycles. The van der Waals surface area contributed by atoms with Crippen molar-refractivity contribution < 1.29 is 0 Å². The van der Waals surface area contributed by atoms with E-state index in [-0.39, 0.29) is 6.04 Å². The van der Waals surface area contributed by atoms with Gasteiger partial charge in [0.1, 0.15) is 12.2 Å². The number of pyridine rings is 1. The minimum atomic E-state index is -0.185. The first-order chi connectivity index (χ1) is 9.79. The normalized spacial score (nSPS) is 12.7. The Morgan fingerprint density at radius 2 is 2.05 bits per heavy atom. The van der Waals surface area contributed by atoms with Crippen LogP contribution in [0.2, 0.25) is 0 Å². The molecule has 2 N–H and O–H groups in total. The molecule has 3 rings (SSSR count). The Morgan fingerprint density at radius 1 is 1.20 bits per heavy atom. The number of hydrogen-bond acceptors (Lipinski definition) is 4. The van der Waals surface area contributed by atoms with E-state index in [4.69, 9.17) is 5.73 Å². The third-order valence-corrected chi connectivity index (χ3v) is 3.45. The zero-order valence-electron chi connectivity index (χ0n) is 11.4. The minimum absolute atomic E-state index is 0.185. The van der Waals surface area contributed by atoms with Gasteiger partial charge in [-0.2, -0.15) is 5.10 Å². The summed E-state index contributed by atoms with van der Waals surface area (Å²) in [5.74, 6) is 0.898. The van der Waals surface area contributed by atoms with Crippen molar-refractivity contribution in [3.63, 3.8) is 0 Å². The average molecular weight is 267 g/mol. The van der Waals surface area contributed by atoms with E-state index in [1.54, 1.807) is 6.33 Å². The summed E-state index contributed by atoms with van der Waals surface area (Å²) in [5.41, 5.74) is 7.24. The molecule has 0 radical (unpaired) electrons. The van der Waals surface area contributed by atoms with E-state index in [1.165, 1.54) is 0 Å². The number of rotatable bonds is 4. The number of aromatic nitrogens is 4. The lowest BCUT2D eigenvalue weighted by atomic mass is 10.0. The van der Waals surface area contributed by atoms with Gasteiger partial charge in [-0.15, -0.1) is 0 Å². The van der Waals surface area contributed by atoms with Crippen LogP contribution in [-0.2, 0) is 13.0 Å². The molecule has 5 nitrogen and oxygen atoms in total. The van der Waals surface area contributed by atoms with Gasteiger partial charge in [-0.1, -0.05) is 24.3 Å². The zero-order chi connectivity index (χ0) is 13.9. The quantitative estimate of drug-likeness (QED) is 0.785. The fraction of sp³-hybridized carbons (Fsp3) is 0.267. The third kappa shape index (κ3) is 2.28. The molecule has 1 aromatic carbocycles. The van der Waals surface area contributed by atoms with Gasteiger partial charge in [0.15, 0.2) is 0 Å². The minimum Gasteiger partial charge on any atom is -0.322 e. The molecule has 5 heteroatoms. The highest BCUT2D eigenvalue weighted by Crippen LogP contribution is 2.22. The maximum absolute atomic E-state index is 6.33. The van der Waals surface area contributed by atoms with Crippen LogP contribution in [0.3, 0.4) is 0 Å². The summed E-state index contributed by atoms with van der Waals surface area (Å²) in [6, 6.07) is 9.97. The molecule has 0 saturated heterocycles. The third-order valence-electron chi connectivity index (χ3n) is 3.45. The molecule has 20 heavy (non-hydrogen) atoms. The highest BCUT2D eigenvalue weighted by atomic mass is 15.3. The van der Waals surface area contributed by atoms with Gasteiger partial charge >= 0.3 is 0 Å². The van der Waals surface area contributed by atoms with Crippen molar-refractivity contribution in [2.45, 2.75) is 25.9 Å². The molecule has 0 fully saturated rings. The van der Waals surface area contributed by atoms with Gasteiger partial charge < -0.3 is 5.73 Å². The van der Waals surface area contributed by atoms with Crippen LogP contribution in [0.5, 0.6) is 0 Å². The molecular formula is C15H17N5. The van der Waals surface area contributed by atoms with Gasteiger partial charge in [0, 0.05) is 24.5 Å². The van der Waals surface area contributed by atoms with Crippen LogP contribution in [0.25, 0.3) is 10.8 Å². The van der Waals surface area contributed by atoms with Crippen molar-refractivity contribution in [3.05, 3.63) is 54.4 Å². The van der Waals surface area contributed by atoms with Crippen LogP contribution in [-0.4, -0.2) is 19.7 Å². The monoisotopic (exact) mass is 267 g/mol. The van der Waals surface area contributed by atoms with Gasteiger partial charge in [0.2, 0.25) is 0 Å². The first kappa shape index (κ1) is 12.7. The number of nitrogens with two attached hydrogens (primary N) is 1. The maximum atomic E-state index is 6.33. The molecule has 1 unspecified atom stereocenters. The first-order valence-electron chi connectivity index (χ1n) is 6.75. The smallest absolute Gasteiger partial charge is 0.138 e. The van der Waals surface area contributed by atoms with E-state index in [1.807, 2.05) is 36.0 Å². The Bertz CT molecular complexity index is 714. The van der Waals surface area contributed by atoms with Crippen molar-refractivity contribution in [1.29, 1.82) is 0 Å². The highest BCUT2D eigenvalue weighted by Gasteiger charge is 2.15. The van der Waals surface area contributed by atoms with Crippen molar-refractivity contribution in [3.8, 4) is 0 Å². The lowest BCUT2D eigenvalue weighted by molar-refractivity contribution is 0.577. The Morgan fingerprint density at radius 3 is 2.90 bits per heavy atom. The molecule has 0 amide bonds. The second-order valence-electron chi connectivity index (χ2n) is 4.72. The molecule has 0 aliphatic heterocycles. The summed E-state index contributed by atoms with van der Waals surface area (Å²) >= 11 is 0. The molecule has 0 spiro atoms. The summed E-state index contributed by atoms with van der Waals surface area (Å²) in [7, 11) is 0. The Labute approximate surface area is 117 Å². The SMILES string of the molecule is CCn1ncnc1CC(N)c1nccc2ccccc12. The molecular weight excluding hydrogens is 250 g/mol. The van der Waals surface area contributed by atoms with Crippen molar-refractivity contribution in [2.24, 2.45) is 5.73 Å². The predicted molar refractivity (Wildman–Crippen MR) is 78.1 cm³/mol. The van der Waals surface area contributed by atoms with Crippen LogP contribution < -0.4 is 5.73 Å². The summed E-state index contributed by atoms with van der Waals surface area (Å²) in [4.78, 5) is 8.74. The van der Waals surface area contributed by atoms with Gasteiger partial charge in [-0.25, -0.2) is 4.98 Å². The molecule has 3 aromatic rings. The van der Waals surface area contributed by atoms with Crippen molar-refractivity contribution in [2.75, 3.05) is 0 Å². The fourth-order valence-electron chi connectivity index (χ4n) is 2.44. The standard InChI is InChI=1S/C15H17N5/c1-2-20-14(18-10-19-20)9-13(16)15-12-6-4-3-5-11(12)7-8-17-15/h3-8,10,13H,2,9,16H2,1H3. The van der Waals surface area contributed by atoms with Crippen molar-refractivity contribution >= 4 is 10.8 Å². The van der Waals surface area contributed by atoms with E-state index in [0.29, 0.717) is 6.42 Å². The van der Waals surface area contributed by atoms with E-state index in [2.05, 4.69) is 27.2 Å². The zero-order valence-corrected chi connectivity index (χ0v) is 11.4. The number of benzene rings is 1. The van der Waals surface area contributed by atoms with Crippen LogP contribution in [0.1, 0.15) is 24.5 Å². The second kappa shape index (κ2) is 5.38. The van der Waals surface area contributed by atoms with Gasteiger partial charge in [0.25, 0.3) is 0 Å². The van der Waals surface area contributed by atoms with Gasteiger partial charge in [-0.05, 0) is 18.4 Å². The van der Waals surface area contributed by atoms with Crippen LogP contribution in [0.4, 0.5) is 0 Å². The topological polar surface area (TPSA) is 69.6 Å². The lowest BCUT2D eigenvalue weighted by Crippen LogP contribution is -2.18.